The van der Waals surface area contributed by atoms with Crippen molar-refractivity contribution in [2.75, 3.05) is 13.2 Å². The van der Waals surface area contributed by atoms with Crippen LogP contribution in [0.1, 0.15) is 46.0 Å². The molecule has 0 aliphatic heterocycles. The number of ether oxygens (including phenoxy) is 2. The van der Waals surface area contributed by atoms with Gasteiger partial charge in [0.2, 0.25) is 11.8 Å². The topological polar surface area (TPSA) is 96.3 Å². The number of unbranched alkanes of at least 4 members (excludes halogenated alkanes) is 4. The SMILES string of the molecule is CCCCCCCOc1ccc(-c2nnc(-c3nnc(-c4ccc(OCC)cc4)o3)o2)cc1. The Labute approximate surface area is 193 Å². The van der Waals surface area contributed by atoms with Crippen molar-refractivity contribution in [3.63, 3.8) is 0 Å². The fourth-order valence-electron chi connectivity index (χ4n) is 3.30. The first-order chi connectivity index (χ1) is 16.3. The van der Waals surface area contributed by atoms with E-state index in [1.807, 2.05) is 55.5 Å². The fourth-order valence-corrected chi connectivity index (χ4v) is 3.30. The van der Waals surface area contributed by atoms with Crippen LogP contribution in [0, 0.1) is 0 Å². The Kier molecular flexibility index (Phi) is 7.68. The van der Waals surface area contributed by atoms with Crippen molar-refractivity contribution in [2.24, 2.45) is 0 Å². The molecule has 2 aromatic carbocycles. The lowest BCUT2D eigenvalue weighted by Gasteiger charge is -2.06. The van der Waals surface area contributed by atoms with Gasteiger partial charge in [0.1, 0.15) is 11.5 Å². The molecule has 0 N–H and O–H groups in total. The number of hydrogen-bond donors (Lipinski definition) is 0. The van der Waals surface area contributed by atoms with Crippen molar-refractivity contribution >= 4 is 0 Å². The molecule has 0 saturated heterocycles. The molecular formula is C25H28N4O4. The third-order valence-corrected chi connectivity index (χ3v) is 5.06. The second-order valence-electron chi connectivity index (χ2n) is 7.57. The van der Waals surface area contributed by atoms with Crippen LogP contribution in [0.5, 0.6) is 11.5 Å². The van der Waals surface area contributed by atoms with E-state index in [-0.39, 0.29) is 11.8 Å². The Morgan fingerprint density at radius 3 is 1.58 bits per heavy atom. The van der Waals surface area contributed by atoms with Crippen LogP contribution in [0.15, 0.2) is 57.4 Å². The smallest absolute Gasteiger partial charge is 0.306 e. The first kappa shape index (κ1) is 22.5. The minimum Gasteiger partial charge on any atom is -0.494 e. The molecule has 8 heteroatoms. The second kappa shape index (κ2) is 11.3. The molecule has 0 radical (unpaired) electrons. The fraction of sp³-hybridized carbons (Fsp3) is 0.360. The highest BCUT2D eigenvalue weighted by Crippen LogP contribution is 2.28. The van der Waals surface area contributed by atoms with Gasteiger partial charge in [0.15, 0.2) is 0 Å². The standard InChI is InChI=1S/C25H28N4O4/c1-3-5-6-7-8-17-31-21-15-11-19(12-16-21)23-27-29-25(33-23)24-28-26-22(32-24)18-9-13-20(14-10-18)30-4-2/h9-16H,3-8,17H2,1-2H3. The van der Waals surface area contributed by atoms with Crippen LogP contribution in [0.25, 0.3) is 34.7 Å². The van der Waals surface area contributed by atoms with Crippen molar-refractivity contribution in [3.05, 3.63) is 48.5 Å². The third kappa shape index (κ3) is 5.97. The number of nitrogens with zero attached hydrogens (tertiary/aromatic N) is 4. The summed E-state index contributed by atoms with van der Waals surface area (Å²) < 4.78 is 22.7. The maximum Gasteiger partial charge on any atom is 0.306 e. The van der Waals surface area contributed by atoms with Gasteiger partial charge in [-0.05, 0) is 61.9 Å². The van der Waals surface area contributed by atoms with Crippen molar-refractivity contribution in [1.82, 2.24) is 20.4 Å². The van der Waals surface area contributed by atoms with Crippen LogP contribution in [0.3, 0.4) is 0 Å². The van der Waals surface area contributed by atoms with E-state index in [4.69, 9.17) is 18.3 Å². The lowest BCUT2D eigenvalue weighted by atomic mass is 10.2. The van der Waals surface area contributed by atoms with Crippen LogP contribution >= 0.6 is 0 Å². The van der Waals surface area contributed by atoms with Crippen LogP contribution < -0.4 is 9.47 Å². The predicted molar refractivity (Wildman–Crippen MR) is 124 cm³/mol. The van der Waals surface area contributed by atoms with Gasteiger partial charge in [-0.2, -0.15) is 0 Å². The van der Waals surface area contributed by atoms with Gasteiger partial charge in [0.05, 0.1) is 13.2 Å². The van der Waals surface area contributed by atoms with E-state index < -0.39 is 0 Å². The molecular weight excluding hydrogens is 420 g/mol. The minimum atomic E-state index is 0.167. The highest BCUT2D eigenvalue weighted by atomic mass is 16.5. The number of hydrogen-bond acceptors (Lipinski definition) is 8. The molecule has 0 unspecified atom stereocenters. The van der Waals surface area contributed by atoms with Crippen LogP contribution in [0.2, 0.25) is 0 Å². The van der Waals surface area contributed by atoms with Gasteiger partial charge in [-0.15, -0.1) is 20.4 Å². The van der Waals surface area contributed by atoms with E-state index in [2.05, 4.69) is 27.3 Å². The molecule has 4 rings (SSSR count). The van der Waals surface area contributed by atoms with Gasteiger partial charge in [-0.1, -0.05) is 32.6 Å². The van der Waals surface area contributed by atoms with Crippen LogP contribution in [-0.4, -0.2) is 33.6 Å². The molecule has 8 nitrogen and oxygen atoms in total. The molecule has 0 bridgehead atoms. The van der Waals surface area contributed by atoms with Crippen molar-refractivity contribution in [3.8, 4) is 46.2 Å². The summed E-state index contributed by atoms with van der Waals surface area (Å²) in [7, 11) is 0. The first-order valence-corrected chi connectivity index (χ1v) is 11.4. The molecule has 0 spiro atoms. The Balaban J connectivity index is 1.36. The Bertz CT molecular complexity index is 1120. The third-order valence-electron chi connectivity index (χ3n) is 5.06. The maximum atomic E-state index is 5.81. The van der Waals surface area contributed by atoms with E-state index in [0.29, 0.717) is 18.4 Å². The summed E-state index contributed by atoms with van der Waals surface area (Å²) >= 11 is 0. The molecule has 0 saturated carbocycles. The molecule has 0 atom stereocenters. The second-order valence-corrected chi connectivity index (χ2v) is 7.57. The lowest BCUT2D eigenvalue weighted by Crippen LogP contribution is -1.97. The predicted octanol–water partition coefficient (Wildman–Crippen LogP) is 6.20. The molecule has 2 aromatic heterocycles. The van der Waals surface area contributed by atoms with Gasteiger partial charge in [-0.3, -0.25) is 0 Å². The Morgan fingerprint density at radius 2 is 1.06 bits per heavy atom. The quantitative estimate of drug-likeness (QED) is 0.236. The highest BCUT2D eigenvalue weighted by Gasteiger charge is 2.17. The van der Waals surface area contributed by atoms with Crippen LogP contribution in [0.4, 0.5) is 0 Å². The highest BCUT2D eigenvalue weighted by molar-refractivity contribution is 5.57. The zero-order valence-corrected chi connectivity index (χ0v) is 19.0. The van der Waals surface area contributed by atoms with Crippen LogP contribution in [-0.2, 0) is 0 Å². The zero-order chi connectivity index (χ0) is 22.9. The molecule has 0 fully saturated rings. The maximum absolute atomic E-state index is 5.81. The van der Waals surface area contributed by atoms with E-state index in [9.17, 15) is 0 Å². The van der Waals surface area contributed by atoms with Gasteiger partial charge in [-0.25, -0.2) is 0 Å². The molecule has 0 aliphatic rings. The van der Waals surface area contributed by atoms with E-state index >= 15 is 0 Å². The molecule has 0 amide bonds. The van der Waals surface area contributed by atoms with E-state index in [0.717, 1.165) is 35.7 Å². The lowest BCUT2D eigenvalue weighted by molar-refractivity contribution is 0.304. The van der Waals surface area contributed by atoms with Crippen molar-refractivity contribution in [1.29, 1.82) is 0 Å². The monoisotopic (exact) mass is 448 g/mol. The summed E-state index contributed by atoms with van der Waals surface area (Å²) in [5.74, 6) is 2.68. The Morgan fingerprint density at radius 1 is 0.576 bits per heavy atom. The van der Waals surface area contributed by atoms with Gasteiger partial charge >= 0.3 is 11.8 Å². The van der Waals surface area contributed by atoms with Crippen molar-refractivity contribution in [2.45, 2.75) is 46.0 Å². The zero-order valence-electron chi connectivity index (χ0n) is 19.0. The van der Waals surface area contributed by atoms with E-state index in [1.54, 1.807) is 0 Å². The summed E-state index contributed by atoms with van der Waals surface area (Å²) in [6, 6.07) is 15.0. The largest absolute Gasteiger partial charge is 0.494 e. The number of benzene rings is 2. The average Bonchev–Trinajstić information content (AvgIpc) is 3.53. The summed E-state index contributed by atoms with van der Waals surface area (Å²) in [6.45, 7) is 5.49. The van der Waals surface area contributed by atoms with E-state index in [1.165, 1.54) is 25.7 Å². The van der Waals surface area contributed by atoms with Gasteiger partial charge in [0.25, 0.3) is 0 Å². The summed E-state index contributed by atoms with van der Waals surface area (Å²) in [5.41, 5.74) is 1.56. The number of aromatic nitrogens is 4. The molecule has 172 valence electrons. The number of rotatable bonds is 12. The molecule has 4 aromatic rings. The first-order valence-electron chi connectivity index (χ1n) is 11.4. The van der Waals surface area contributed by atoms with Gasteiger partial charge < -0.3 is 18.3 Å². The van der Waals surface area contributed by atoms with Crippen molar-refractivity contribution < 1.29 is 18.3 Å². The average molecular weight is 449 g/mol. The normalized spacial score (nSPS) is 11.0. The summed E-state index contributed by atoms with van der Waals surface area (Å²) in [6.07, 6.45) is 6.06. The Hall–Kier alpha value is -3.68. The molecule has 0 aliphatic carbocycles. The molecule has 33 heavy (non-hydrogen) atoms. The molecule has 2 heterocycles. The van der Waals surface area contributed by atoms with Gasteiger partial charge in [0, 0.05) is 11.1 Å². The summed E-state index contributed by atoms with van der Waals surface area (Å²) in [5, 5.41) is 16.3. The minimum absolute atomic E-state index is 0.167. The summed E-state index contributed by atoms with van der Waals surface area (Å²) in [4.78, 5) is 0.